The van der Waals surface area contributed by atoms with E-state index in [9.17, 15) is 19.5 Å². The van der Waals surface area contributed by atoms with Gasteiger partial charge in [-0.25, -0.2) is 0 Å². The second kappa shape index (κ2) is 11.4. The number of primary amides is 1. The summed E-state index contributed by atoms with van der Waals surface area (Å²) in [6.07, 6.45) is 0.763. The summed E-state index contributed by atoms with van der Waals surface area (Å²) < 4.78 is 9.04. The van der Waals surface area contributed by atoms with Crippen LogP contribution in [-0.4, -0.2) is 58.9 Å². The van der Waals surface area contributed by atoms with Gasteiger partial charge in [0.1, 0.15) is 16.7 Å². The highest BCUT2D eigenvalue weighted by atomic mass is 32.1. The Morgan fingerprint density at radius 2 is 1.91 bits per heavy atom. The Bertz CT molecular complexity index is 945. The number of nitrogens with two attached hydrogens (primary N) is 2. The number of anilines is 1. The van der Waals surface area contributed by atoms with Gasteiger partial charge in [-0.1, -0.05) is 26.0 Å². The molecule has 1 atom stereocenters. The van der Waals surface area contributed by atoms with Gasteiger partial charge < -0.3 is 31.5 Å². The lowest BCUT2D eigenvalue weighted by atomic mass is 10.0. The molecule has 0 aliphatic rings. The molecule has 1 aromatic heterocycles. The van der Waals surface area contributed by atoms with E-state index in [1.54, 1.807) is 24.3 Å². The maximum absolute atomic E-state index is 13.4. The first-order valence-electron chi connectivity index (χ1n) is 10.1. The third-order valence-electron chi connectivity index (χ3n) is 4.77. The number of carbonyl (C=O) groups excluding carboxylic acids is 3. The van der Waals surface area contributed by atoms with E-state index in [2.05, 4.69) is 9.69 Å². The van der Waals surface area contributed by atoms with Gasteiger partial charge in [0.15, 0.2) is 5.69 Å². The van der Waals surface area contributed by atoms with E-state index < -0.39 is 23.8 Å². The summed E-state index contributed by atoms with van der Waals surface area (Å²) in [6.45, 7) is 3.98. The normalized spacial score (nSPS) is 11.8. The number of ether oxygens (including phenoxy) is 1. The molecule has 0 unspecified atom stereocenters. The quantitative estimate of drug-likeness (QED) is 0.389. The number of aliphatic hydroxyl groups excluding tert-OH is 1. The Balaban J connectivity index is 2.46. The molecule has 0 bridgehead atoms. The molecule has 2 rings (SSSR count). The van der Waals surface area contributed by atoms with Crippen LogP contribution in [0.2, 0.25) is 0 Å². The summed E-state index contributed by atoms with van der Waals surface area (Å²) in [4.78, 5) is 39.2. The first-order valence-corrected chi connectivity index (χ1v) is 10.9. The van der Waals surface area contributed by atoms with Crippen LogP contribution in [0.1, 0.15) is 52.0 Å². The van der Waals surface area contributed by atoms with Crippen LogP contribution in [0.15, 0.2) is 24.3 Å². The number of hydrogen-bond donors (Lipinski definition) is 4. The second-order valence-electron chi connectivity index (χ2n) is 7.51. The molecular formula is C21H29N5O5S. The number of hydrogen-bond acceptors (Lipinski definition) is 8. The molecule has 32 heavy (non-hydrogen) atoms. The standard InChI is InChI=1S/C21H29N5O5S/c1-12(2)8-9-24-20(29)17(13-4-6-14(31-3)7-5-13)26(10-11-27)21(30)18-15(22)16(19(23)28)25-32-18/h4-7,12,17,27H,8-11,22H2,1-3H3,(H2,23,28)(H,24,29)/t17-/m0/s1. The van der Waals surface area contributed by atoms with E-state index in [1.165, 1.54) is 12.0 Å². The molecule has 11 heteroatoms. The number of rotatable bonds is 11. The van der Waals surface area contributed by atoms with E-state index in [0.717, 1.165) is 18.0 Å². The van der Waals surface area contributed by atoms with Gasteiger partial charge in [-0.05, 0) is 41.6 Å². The van der Waals surface area contributed by atoms with Crippen LogP contribution in [-0.2, 0) is 4.79 Å². The van der Waals surface area contributed by atoms with Crippen molar-refractivity contribution in [3.8, 4) is 5.75 Å². The zero-order chi connectivity index (χ0) is 23.8. The van der Waals surface area contributed by atoms with E-state index in [1.807, 2.05) is 13.8 Å². The molecule has 3 amide bonds. The third kappa shape index (κ3) is 5.95. The molecule has 0 fully saturated rings. The molecule has 0 spiro atoms. The van der Waals surface area contributed by atoms with Crippen LogP contribution in [0.5, 0.6) is 5.75 Å². The van der Waals surface area contributed by atoms with E-state index >= 15 is 0 Å². The first kappa shape index (κ1) is 25.1. The monoisotopic (exact) mass is 463 g/mol. The fourth-order valence-electron chi connectivity index (χ4n) is 3.05. The molecule has 1 aromatic carbocycles. The largest absolute Gasteiger partial charge is 0.497 e. The number of aliphatic hydroxyl groups is 1. The van der Waals surface area contributed by atoms with Gasteiger partial charge in [-0.3, -0.25) is 14.4 Å². The average Bonchev–Trinajstić information content (AvgIpc) is 3.14. The predicted octanol–water partition coefficient (Wildman–Crippen LogP) is 1.17. The summed E-state index contributed by atoms with van der Waals surface area (Å²) in [5, 5.41) is 12.5. The minimum absolute atomic E-state index is 0.0271. The van der Waals surface area contributed by atoms with E-state index in [0.29, 0.717) is 23.8 Å². The molecule has 0 aliphatic carbocycles. The summed E-state index contributed by atoms with van der Waals surface area (Å²) in [6, 6.07) is 5.66. The number of benzene rings is 1. The molecule has 0 saturated heterocycles. The Kier molecular flexibility index (Phi) is 8.97. The van der Waals surface area contributed by atoms with Gasteiger partial charge in [-0.15, -0.1) is 0 Å². The highest BCUT2D eigenvalue weighted by molar-refractivity contribution is 7.09. The highest BCUT2D eigenvalue weighted by Gasteiger charge is 2.34. The van der Waals surface area contributed by atoms with Crippen molar-refractivity contribution in [1.29, 1.82) is 0 Å². The SMILES string of the molecule is COc1ccc([C@@H](C(=O)NCCC(C)C)N(CCO)C(=O)c2snc(C(N)=O)c2N)cc1. The fourth-order valence-corrected chi connectivity index (χ4v) is 3.82. The Hall–Kier alpha value is -3.18. The summed E-state index contributed by atoms with van der Waals surface area (Å²) in [7, 11) is 1.52. The molecule has 0 aliphatic heterocycles. The van der Waals surface area contributed by atoms with Gasteiger partial charge in [0.25, 0.3) is 11.8 Å². The lowest BCUT2D eigenvalue weighted by Crippen LogP contribution is -2.45. The lowest BCUT2D eigenvalue weighted by Gasteiger charge is -2.30. The van der Waals surface area contributed by atoms with Crippen molar-refractivity contribution in [2.75, 3.05) is 32.5 Å². The molecule has 174 valence electrons. The molecule has 6 N–H and O–H groups in total. The number of methoxy groups -OCH3 is 1. The summed E-state index contributed by atoms with van der Waals surface area (Å²) >= 11 is 0.719. The van der Waals surface area contributed by atoms with Crippen LogP contribution in [0.4, 0.5) is 5.69 Å². The minimum atomic E-state index is -1.05. The van der Waals surface area contributed by atoms with Gasteiger partial charge in [-0.2, -0.15) is 4.37 Å². The fraction of sp³-hybridized carbons (Fsp3) is 0.429. The molecular weight excluding hydrogens is 434 g/mol. The van der Waals surface area contributed by atoms with Crippen molar-refractivity contribution in [3.05, 3.63) is 40.4 Å². The maximum Gasteiger partial charge on any atom is 0.270 e. The van der Waals surface area contributed by atoms with Gasteiger partial charge >= 0.3 is 0 Å². The summed E-state index contributed by atoms with van der Waals surface area (Å²) in [5.41, 5.74) is 11.3. The van der Waals surface area contributed by atoms with Gasteiger partial charge in [0.05, 0.1) is 19.4 Å². The Labute approximate surface area is 190 Å². The first-order chi connectivity index (χ1) is 15.2. The predicted molar refractivity (Wildman–Crippen MR) is 121 cm³/mol. The van der Waals surface area contributed by atoms with E-state index in [4.69, 9.17) is 16.2 Å². The molecule has 10 nitrogen and oxygen atoms in total. The van der Waals surface area contributed by atoms with Crippen molar-refractivity contribution in [3.63, 3.8) is 0 Å². The average molecular weight is 464 g/mol. The number of amides is 3. The topological polar surface area (TPSA) is 161 Å². The third-order valence-corrected chi connectivity index (χ3v) is 5.62. The lowest BCUT2D eigenvalue weighted by molar-refractivity contribution is -0.126. The van der Waals surface area contributed by atoms with Crippen LogP contribution in [0.25, 0.3) is 0 Å². The van der Waals surface area contributed by atoms with Crippen molar-refractivity contribution < 1.29 is 24.2 Å². The van der Waals surface area contributed by atoms with Crippen molar-refractivity contribution >= 4 is 34.9 Å². The second-order valence-corrected chi connectivity index (χ2v) is 8.28. The molecule has 0 saturated carbocycles. The number of nitrogens with one attached hydrogen (secondary N) is 1. The van der Waals surface area contributed by atoms with Crippen molar-refractivity contribution in [2.24, 2.45) is 11.7 Å². The zero-order valence-electron chi connectivity index (χ0n) is 18.3. The molecule has 0 radical (unpaired) electrons. The van der Waals surface area contributed by atoms with Gasteiger partial charge in [0.2, 0.25) is 5.91 Å². The maximum atomic E-state index is 13.4. The number of nitrogen functional groups attached to an aromatic ring is 1. The van der Waals surface area contributed by atoms with Crippen LogP contribution in [0.3, 0.4) is 0 Å². The minimum Gasteiger partial charge on any atom is -0.497 e. The zero-order valence-corrected chi connectivity index (χ0v) is 19.1. The Morgan fingerprint density at radius 3 is 2.41 bits per heavy atom. The van der Waals surface area contributed by atoms with Crippen LogP contribution >= 0.6 is 11.5 Å². The molecule has 2 aromatic rings. The molecule has 1 heterocycles. The Morgan fingerprint density at radius 1 is 1.25 bits per heavy atom. The van der Waals surface area contributed by atoms with Crippen molar-refractivity contribution in [2.45, 2.75) is 26.3 Å². The number of aromatic nitrogens is 1. The van der Waals surface area contributed by atoms with Crippen molar-refractivity contribution in [1.82, 2.24) is 14.6 Å². The van der Waals surface area contributed by atoms with Crippen LogP contribution in [0, 0.1) is 5.92 Å². The van der Waals surface area contributed by atoms with Gasteiger partial charge in [0, 0.05) is 13.1 Å². The van der Waals surface area contributed by atoms with E-state index in [-0.39, 0.29) is 29.4 Å². The van der Waals surface area contributed by atoms with Crippen LogP contribution < -0.4 is 21.5 Å². The highest BCUT2D eigenvalue weighted by Crippen LogP contribution is 2.29. The number of nitrogens with zero attached hydrogens (tertiary/aromatic N) is 2. The number of carbonyl (C=O) groups is 3. The smallest absolute Gasteiger partial charge is 0.270 e. The summed E-state index contributed by atoms with van der Waals surface area (Å²) in [5.74, 6) is -0.929.